The lowest BCUT2D eigenvalue weighted by Crippen LogP contribution is -1.85. The molecule has 0 aliphatic heterocycles. The van der Waals surface area contributed by atoms with Crippen molar-refractivity contribution >= 4 is 56.5 Å². The van der Waals surface area contributed by atoms with E-state index in [0.717, 1.165) is 19.5 Å². The van der Waals surface area contributed by atoms with E-state index < -0.39 is 0 Å². The topological polar surface area (TPSA) is 38.7 Å². The van der Waals surface area contributed by atoms with Gasteiger partial charge in [0.15, 0.2) is 14.6 Å². The minimum Gasteiger partial charge on any atom is -0.229 e. The number of hydrogen-bond acceptors (Lipinski definition) is 5. The lowest BCUT2D eigenvalue weighted by atomic mass is 10.3. The molecule has 3 rings (SSSR count). The third-order valence-electron chi connectivity index (χ3n) is 2.16. The van der Waals surface area contributed by atoms with Gasteiger partial charge in [0.1, 0.15) is 0 Å². The molecule has 18 heavy (non-hydrogen) atoms. The third kappa shape index (κ3) is 2.44. The first kappa shape index (κ1) is 12.2. The Balaban J connectivity index is 1.98. The Morgan fingerprint density at radius 3 is 2.78 bits per heavy atom. The van der Waals surface area contributed by atoms with Gasteiger partial charge in [0.2, 0.25) is 0 Å². The summed E-state index contributed by atoms with van der Waals surface area (Å²) in [7, 11) is 0. The highest BCUT2D eigenvalue weighted by atomic mass is 35.5. The number of thiazole rings is 1. The first-order valence-electron chi connectivity index (χ1n) is 4.94. The monoisotopic (exact) mass is 313 g/mol. The molecule has 0 unspecified atom stereocenters. The zero-order valence-corrected chi connectivity index (χ0v) is 11.9. The smallest absolute Gasteiger partial charge is 0.165 e. The molecule has 0 aliphatic rings. The van der Waals surface area contributed by atoms with E-state index >= 15 is 0 Å². The molecule has 7 heteroatoms. The third-order valence-corrected chi connectivity index (χ3v) is 4.86. The maximum Gasteiger partial charge on any atom is 0.165 e. The highest BCUT2D eigenvalue weighted by molar-refractivity contribution is 8.01. The zero-order valence-electron chi connectivity index (χ0n) is 8.80. The lowest BCUT2D eigenvalue weighted by Gasteiger charge is -1.99. The van der Waals surface area contributed by atoms with Gasteiger partial charge in [0.25, 0.3) is 0 Å². The van der Waals surface area contributed by atoms with Crippen LogP contribution in [0.25, 0.3) is 10.2 Å². The van der Waals surface area contributed by atoms with Gasteiger partial charge in [-0.2, -0.15) is 0 Å². The van der Waals surface area contributed by atoms with Crippen molar-refractivity contribution in [2.24, 2.45) is 0 Å². The average molecular weight is 314 g/mol. The Morgan fingerprint density at radius 2 is 1.94 bits per heavy atom. The normalized spacial score (nSPS) is 11.0. The molecule has 3 aromatic rings. The highest BCUT2D eigenvalue weighted by Gasteiger charge is 2.10. The molecule has 2 heterocycles. The molecular weight excluding hydrogens is 309 g/mol. The maximum atomic E-state index is 5.97. The molecule has 0 spiro atoms. The van der Waals surface area contributed by atoms with Crippen molar-refractivity contribution in [3.8, 4) is 0 Å². The van der Waals surface area contributed by atoms with Crippen LogP contribution in [0.3, 0.4) is 0 Å². The minimum atomic E-state index is 0.322. The summed E-state index contributed by atoms with van der Waals surface area (Å²) in [6.45, 7) is 0. The van der Waals surface area contributed by atoms with E-state index in [4.69, 9.17) is 23.2 Å². The Kier molecular flexibility index (Phi) is 3.39. The quantitative estimate of drug-likeness (QED) is 0.696. The van der Waals surface area contributed by atoms with Gasteiger partial charge in [-0.3, -0.25) is 0 Å². The van der Waals surface area contributed by atoms with E-state index in [1.807, 2.05) is 24.3 Å². The summed E-state index contributed by atoms with van der Waals surface area (Å²) >= 11 is 14.8. The van der Waals surface area contributed by atoms with Gasteiger partial charge in [-0.05, 0) is 18.2 Å². The molecule has 1 aromatic carbocycles. The number of hydrogen-bond donors (Lipinski definition) is 0. The molecule has 0 N–H and O–H groups in total. The molecule has 0 fully saturated rings. The summed E-state index contributed by atoms with van der Waals surface area (Å²) in [5.41, 5.74) is 0.981. The van der Waals surface area contributed by atoms with Gasteiger partial charge in [0, 0.05) is 0 Å². The fraction of sp³-hybridized carbons (Fsp3) is 0. The molecule has 0 aliphatic carbocycles. The van der Waals surface area contributed by atoms with Crippen LogP contribution in [-0.4, -0.2) is 15.2 Å². The van der Waals surface area contributed by atoms with Crippen LogP contribution in [0.1, 0.15) is 0 Å². The van der Waals surface area contributed by atoms with Gasteiger partial charge < -0.3 is 0 Å². The zero-order chi connectivity index (χ0) is 12.5. The van der Waals surface area contributed by atoms with Crippen molar-refractivity contribution in [2.75, 3.05) is 0 Å². The predicted molar refractivity (Wildman–Crippen MR) is 75.8 cm³/mol. The van der Waals surface area contributed by atoms with E-state index in [1.54, 1.807) is 17.4 Å². The van der Waals surface area contributed by atoms with Crippen molar-refractivity contribution in [1.29, 1.82) is 0 Å². The number of halogens is 2. The van der Waals surface area contributed by atoms with Gasteiger partial charge in [-0.1, -0.05) is 47.1 Å². The summed E-state index contributed by atoms with van der Waals surface area (Å²) in [4.78, 5) is 5.27. The molecule has 0 bridgehead atoms. The van der Waals surface area contributed by atoms with Crippen molar-refractivity contribution in [2.45, 2.75) is 9.24 Å². The van der Waals surface area contributed by atoms with Crippen LogP contribution in [-0.2, 0) is 0 Å². The lowest BCUT2D eigenvalue weighted by molar-refractivity contribution is 0.997. The molecule has 2 aromatic heterocycles. The summed E-state index contributed by atoms with van der Waals surface area (Å²) in [6.07, 6.45) is 0. The molecule has 0 amide bonds. The van der Waals surface area contributed by atoms with Crippen LogP contribution in [0, 0.1) is 0 Å². The Labute approximate surface area is 121 Å². The first-order valence-corrected chi connectivity index (χ1v) is 7.33. The largest absolute Gasteiger partial charge is 0.229 e. The van der Waals surface area contributed by atoms with Crippen molar-refractivity contribution < 1.29 is 0 Å². The summed E-state index contributed by atoms with van der Waals surface area (Å²) in [5.74, 6) is 0. The van der Waals surface area contributed by atoms with Crippen LogP contribution in [0.2, 0.25) is 10.3 Å². The van der Waals surface area contributed by atoms with Crippen molar-refractivity contribution in [3.05, 3.63) is 40.6 Å². The van der Waals surface area contributed by atoms with Gasteiger partial charge in [-0.15, -0.1) is 21.5 Å². The Bertz CT molecular complexity index is 681. The van der Waals surface area contributed by atoms with Gasteiger partial charge >= 0.3 is 0 Å². The molecule has 0 saturated heterocycles. The molecule has 3 nitrogen and oxygen atoms in total. The molecule has 90 valence electrons. The molecular formula is C11H5Cl2N3S2. The van der Waals surface area contributed by atoms with Gasteiger partial charge in [0.05, 0.1) is 15.1 Å². The van der Waals surface area contributed by atoms with Crippen LogP contribution in [0.5, 0.6) is 0 Å². The molecule has 0 atom stereocenters. The Hall–Kier alpha value is -0.880. The van der Waals surface area contributed by atoms with Gasteiger partial charge in [-0.25, -0.2) is 4.98 Å². The van der Waals surface area contributed by atoms with Crippen LogP contribution in [0.15, 0.2) is 39.6 Å². The second-order valence-corrected chi connectivity index (χ2v) is 6.44. The van der Waals surface area contributed by atoms with E-state index in [2.05, 4.69) is 15.2 Å². The number of para-hydroxylation sites is 1. The number of benzene rings is 1. The van der Waals surface area contributed by atoms with Crippen LogP contribution in [0.4, 0.5) is 0 Å². The summed E-state index contributed by atoms with van der Waals surface area (Å²) in [6, 6.07) is 9.67. The minimum absolute atomic E-state index is 0.322. The summed E-state index contributed by atoms with van der Waals surface area (Å²) < 4.78 is 2.05. The standard InChI is InChI=1S/C11H5Cl2N3S2/c12-9-5-8(10(13)16-15-9)18-11-14-6-3-1-2-4-7(6)17-11/h1-5H. The van der Waals surface area contributed by atoms with Crippen molar-refractivity contribution in [3.63, 3.8) is 0 Å². The fourth-order valence-corrected chi connectivity index (χ4v) is 3.85. The number of fused-ring (bicyclic) bond motifs is 1. The van der Waals surface area contributed by atoms with E-state index in [-0.39, 0.29) is 0 Å². The predicted octanol–water partition coefficient (Wildman–Crippen LogP) is 4.54. The van der Waals surface area contributed by atoms with E-state index in [0.29, 0.717) is 10.3 Å². The maximum absolute atomic E-state index is 5.97. The molecule has 0 saturated carbocycles. The number of nitrogens with zero attached hydrogens (tertiary/aromatic N) is 3. The SMILES string of the molecule is Clc1cc(Sc2nc3ccccc3s2)c(Cl)nn1. The number of aromatic nitrogens is 3. The second-order valence-electron chi connectivity index (χ2n) is 3.37. The van der Waals surface area contributed by atoms with E-state index in [9.17, 15) is 0 Å². The van der Waals surface area contributed by atoms with Crippen LogP contribution < -0.4 is 0 Å². The first-order chi connectivity index (χ1) is 8.72. The highest BCUT2D eigenvalue weighted by Crippen LogP contribution is 2.37. The summed E-state index contributed by atoms with van der Waals surface area (Å²) in [5, 5.41) is 8.10. The van der Waals surface area contributed by atoms with Crippen LogP contribution >= 0.6 is 46.3 Å². The number of rotatable bonds is 2. The Morgan fingerprint density at radius 1 is 1.11 bits per heavy atom. The second kappa shape index (κ2) is 5.01. The van der Waals surface area contributed by atoms with E-state index in [1.165, 1.54) is 11.8 Å². The fourth-order valence-electron chi connectivity index (χ4n) is 1.40. The average Bonchev–Trinajstić information content (AvgIpc) is 2.76. The molecule has 0 radical (unpaired) electrons. The van der Waals surface area contributed by atoms with Crippen molar-refractivity contribution in [1.82, 2.24) is 15.2 Å².